The lowest BCUT2D eigenvalue weighted by Crippen LogP contribution is -2.40. The van der Waals surface area contributed by atoms with Gasteiger partial charge in [-0.15, -0.1) is 0 Å². The van der Waals surface area contributed by atoms with Crippen molar-refractivity contribution >= 4 is 34.6 Å². The van der Waals surface area contributed by atoms with Gasteiger partial charge in [-0.2, -0.15) is 0 Å². The molecular weight excluding hydrogens is 402 g/mol. The van der Waals surface area contributed by atoms with Gasteiger partial charge in [0.2, 0.25) is 0 Å². The molecule has 6 heteroatoms. The van der Waals surface area contributed by atoms with E-state index >= 15 is 0 Å². The predicted molar refractivity (Wildman–Crippen MR) is 126 cm³/mol. The first kappa shape index (κ1) is 22.0. The monoisotopic (exact) mass is 431 g/mol. The Balaban J connectivity index is 1.65. The summed E-state index contributed by atoms with van der Waals surface area (Å²) in [4.78, 5) is 4.67. The Morgan fingerprint density at radius 1 is 1.14 bits per heavy atom. The molecule has 1 fully saturated rings. The second-order valence-electron chi connectivity index (χ2n) is 7.55. The number of rotatable bonds is 7. The number of hydrogen-bond acceptors (Lipinski definition) is 3. The van der Waals surface area contributed by atoms with Crippen molar-refractivity contribution in [3.63, 3.8) is 0 Å². The van der Waals surface area contributed by atoms with E-state index in [0.717, 1.165) is 67.2 Å². The van der Waals surface area contributed by atoms with Gasteiger partial charge in [-0.05, 0) is 67.4 Å². The molecule has 0 saturated carbocycles. The number of aryl methyl sites for hydroxylation is 2. The molecule has 1 aliphatic heterocycles. The van der Waals surface area contributed by atoms with Gasteiger partial charge in [-0.3, -0.25) is 4.90 Å². The number of ether oxygens (including phenoxy) is 1. The molecule has 2 aromatic rings. The van der Waals surface area contributed by atoms with Crippen LogP contribution in [0.4, 0.5) is 5.69 Å². The zero-order chi connectivity index (χ0) is 20.6. The number of anilines is 1. The second-order valence-corrected chi connectivity index (χ2v) is 8.34. The van der Waals surface area contributed by atoms with E-state index in [2.05, 4.69) is 53.2 Å². The Morgan fingerprint density at radius 3 is 2.62 bits per heavy atom. The van der Waals surface area contributed by atoms with Crippen LogP contribution in [0.3, 0.4) is 0 Å². The van der Waals surface area contributed by atoms with Crippen LogP contribution in [0.5, 0.6) is 0 Å². The highest BCUT2D eigenvalue weighted by Crippen LogP contribution is 2.19. The van der Waals surface area contributed by atoms with Crippen molar-refractivity contribution in [2.24, 2.45) is 0 Å². The van der Waals surface area contributed by atoms with Crippen LogP contribution in [0.2, 0.25) is 5.02 Å². The maximum atomic E-state index is 6.41. The number of morpholine rings is 1. The van der Waals surface area contributed by atoms with Crippen LogP contribution in [0, 0.1) is 13.8 Å². The number of nitrogens with zero attached hydrogens (tertiary/aromatic N) is 2. The van der Waals surface area contributed by atoms with Crippen LogP contribution in [-0.4, -0.2) is 54.3 Å². The van der Waals surface area contributed by atoms with E-state index in [9.17, 15) is 0 Å². The molecule has 0 aliphatic carbocycles. The van der Waals surface area contributed by atoms with Gasteiger partial charge in [0.25, 0.3) is 0 Å². The average molecular weight is 432 g/mol. The Bertz CT molecular complexity index is 824. The molecule has 2 aromatic carbocycles. The van der Waals surface area contributed by atoms with Crippen molar-refractivity contribution in [1.29, 1.82) is 0 Å². The van der Waals surface area contributed by atoms with E-state index in [4.69, 9.17) is 28.6 Å². The van der Waals surface area contributed by atoms with E-state index in [-0.39, 0.29) is 0 Å². The maximum absolute atomic E-state index is 6.41. The zero-order valence-electron chi connectivity index (χ0n) is 17.3. The van der Waals surface area contributed by atoms with Gasteiger partial charge < -0.3 is 15.0 Å². The molecular formula is C23H30ClN3OS. The fourth-order valence-electron chi connectivity index (χ4n) is 3.42. The Kier molecular flexibility index (Phi) is 8.30. The van der Waals surface area contributed by atoms with Gasteiger partial charge >= 0.3 is 0 Å². The van der Waals surface area contributed by atoms with Crippen LogP contribution in [0.25, 0.3) is 0 Å². The van der Waals surface area contributed by atoms with Crippen molar-refractivity contribution in [3.05, 3.63) is 64.2 Å². The van der Waals surface area contributed by atoms with E-state index in [0.29, 0.717) is 6.54 Å². The minimum Gasteiger partial charge on any atom is -0.379 e. The summed E-state index contributed by atoms with van der Waals surface area (Å²) in [6.45, 7) is 10.5. The first-order chi connectivity index (χ1) is 14.0. The van der Waals surface area contributed by atoms with Crippen LogP contribution in [0.15, 0.2) is 42.5 Å². The lowest BCUT2D eigenvalue weighted by Gasteiger charge is -2.30. The normalized spacial score (nSPS) is 14.6. The quantitative estimate of drug-likeness (QED) is 0.631. The molecule has 0 amide bonds. The number of thiocarbonyl (C=S) groups is 1. The smallest absolute Gasteiger partial charge is 0.173 e. The van der Waals surface area contributed by atoms with Crippen molar-refractivity contribution in [3.8, 4) is 0 Å². The summed E-state index contributed by atoms with van der Waals surface area (Å²) in [6.07, 6.45) is 1.04. The van der Waals surface area contributed by atoms with Gasteiger partial charge in [0.05, 0.1) is 13.2 Å². The number of benzene rings is 2. The van der Waals surface area contributed by atoms with Gasteiger partial charge in [0.15, 0.2) is 5.11 Å². The summed E-state index contributed by atoms with van der Waals surface area (Å²) in [5, 5.41) is 4.93. The summed E-state index contributed by atoms with van der Waals surface area (Å²) in [5.74, 6) is 0. The summed E-state index contributed by atoms with van der Waals surface area (Å²) in [7, 11) is 0. The third kappa shape index (κ3) is 6.68. The van der Waals surface area contributed by atoms with Crippen LogP contribution >= 0.6 is 23.8 Å². The Morgan fingerprint density at radius 2 is 1.90 bits per heavy atom. The molecule has 0 spiro atoms. The third-order valence-corrected chi connectivity index (χ3v) is 6.10. The highest BCUT2D eigenvalue weighted by Gasteiger charge is 2.15. The second kappa shape index (κ2) is 10.9. The lowest BCUT2D eigenvalue weighted by atomic mass is 10.1. The molecule has 1 saturated heterocycles. The fourth-order valence-corrected chi connectivity index (χ4v) is 3.89. The highest BCUT2D eigenvalue weighted by atomic mass is 35.5. The predicted octanol–water partition coefficient (Wildman–Crippen LogP) is 4.88. The third-order valence-electron chi connectivity index (χ3n) is 5.37. The highest BCUT2D eigenvalue weighted by molar-refractivity contribution is 7.80. The van der Waals surface area contributed by atoms with Crippen LogP contribution in [0.1, 0.15) is 23.1 Å². The van der Waals surface area contributed by atoms with Gasteiger partial charge in [-0.1, -0.05) is 35.9 Å². The SMILES string of the molecule is Cc1ccc(NC(=S)N(CCCN2CCOCC2)Cc2ccccc2Cl)cc1C. The zero-order valence-corrected chi connectivity index (χ0v) is 18.9. The Hall–Kier alpha value is -1.66. The minimum absolute atomic E-state index is 0.694. The van der Waals surface area contributed by atoms with Crippen molar-refractivity contribution in [1.82, 2.24) is 9.80 Å². The first-order valence-electron chi connectivity index (χ1n) is 10.2. The number of hydrogen-bond donors (Lipinski definition) is 1. The topological polar surface area (TPSA) is 27.7 Å². The van der Waals surface area contributed by atoms with Crippen molar-refractivity contribution in [2.45, 2.75) is 26.8 Å². The van der Waals surface area contributed by atoms with Gasteiger partial charge in [-0.25, -0.2) is 0 Å². The summed E-state index contributed by atoms with van der Waals surface area (Å²) < 4.78 is 5.44. The summed E-state index contributed by atoms with van der Waals surface area (Å²) in [5.41, 5.74) is 4.64. The van der Waals surface area contributed by atoms with Crippen LogP contribution < -0.4 is 5.32 Å². The average Bonchev–Trinajstić information content (AvgIpc) is 2.72. The fraction of sp³-hybridized carbons (Fsp3) is 0.435. The number of halogens is 1. The lowest BCUT2D eigenvalue weighted by molar-refractivity contribution is 0.0368. The molecule has 0 unspecified atom stereocenters. The minimum atomic E-state index is 0.694. The van der Waals surface area contributed by atoms with E-state index in [1.54, 1.807) is 0 Å². The maximum Gasteiger partial charge on any atom is 0.173 e. The molecule has 0 aromatic heterocycles. The van der Waals surface area contributed by atoms with Crippen molar-refractivity contribution < 1.29 is 4.74 Å². The largest absolute Gasteiger partial charge is 0.379 e. The molecule has 0 atom stereocenters. The van der Waals surface area contributed by atoms with Crippen molar-refractivity contribution in [2.75, 3.05) is 44.7 Å². The molecule has 0 bridgehead atoms. The Labute approximate surface area is 184 Å². The van der Waals surface area contributed by atoms with E-state index in [1.165, 1.54) is 11.1 Å². The van der Waals surface area contributed by atoms with Crippen LogP contribution in [-0.2, 0) is 11.3 Å². The molecule has 4 nitrogen and oxygen atoms in total. The first-order valence-corrected chi connectivity index (χ1v) is 11.0. The molecule has 1 N–H and O–H groups in total. The molecule has 156 valence electrons. The summed E-state index contributed by atoms with van der Waals surface area (Å²) in [6, 6.07) is 14.3. The number of nitrogens with one attached hydrogen (secondary N) is 1. The summed E-state index contributed by atoms with van der Waals surface area (Å²) >= 11 is 12.2. The molecule has 1 aliphatic rings. The van der Waals surface area contributed by atoms with E-state index in [1.807, 2.05) is 18.2 Å². The molecule has 3 rings (SSSR count). The molecule has 1 heterocycles. The molecule has 29 heavy (non-hydrogen) atoms. The van der Waals surface area contributed by atoms with E-state index < -0.39 is 0 Å². The standard InChI is InChI=1S/C23H30ClN3OS/c1-18-8-9-21(16-19(18)2)25-23(29)27(17-20-6-3-4-7-22(20)24)11-5-10-26-12-14-28-15-13-26/h3-4,6-9,16H,5,10-15,17H2,1-2H3,(H,25,29). The molecule has 0 radical (unpaired) electrons. The van der Waals surface area contributed by atoms with Gasteiger partial charge in [0.1, 0.15) is 0 Å². The van der Waals surface area contributed by atoms with Gasteiger partial charge in [0, 0.05) is 43.4 Å².